The number of carbonyl (C=O) groups is 2. The van der Waals surface area contributed by atoms with Crippen LogP contribution in [0.4, 0.5) is 0 Å². The number of nitrogens with zero attached hydrogens (tertiary/aromatic N) is 2. The quantitative estimate of drug-likeness (QED) is 0.591. The van der Waals surface area contributed by atoms with E-state index >= 15 is 0 Å². The van der Waals surface area contributed by atoms with E-state index in [0.29, 0.717) is 32.7 Å². The van der Waals surface area contributed by atoms with Crippen LogP contribution in [0.1, 0.15) is 33.6 Å². The third-order valence-electron chi connectivity index (χ3n) is 3.10. The van der Waals surface area contributed by atoms with Crippen LogP contribution in [-0.4, -0.2) is 67.6 Å². The largest absolute Gasteiger partial charge is 0.465 e. The predicted molar refractivity (Wildman–Crippen MR) is 79.3 cm³/mol. The number of rotatable bonds is 10. The van der Waals surface area contributed by atoms with Gasteiger partial charge in [-0.05, 0) is 33.7 Å². The SMILES string of the molecule is CCOC(=O)CN(CCC(=O)N(C)CCCN)C(C)C. The molecular formula is C14H29N3O3. The van der Waals surface area contributed by atoms with Crippen molar-refractivity contribution in [3.63, 3.8) is 0 Å². The molecule has 0 aliphatic heterocycles. The number of nitrogens with two attached hydrogens (primary N) is 1. The monoisotopic (exact) mass is 287 g/mol. The van der Waals surface area contributed by atoms with Crippen LogP contribution >= 0.6 is 0 Å². The van der Waals surface area contributed by atoms with E-state index in [1.165, 1.54) is 0 Å². The van der Waals surface area contributed by atoms with Gasteiger partial charge in [-0.3, -0.25) is 14.5 Å². The van der Waals surface area contributed by atoms with Crippen molar-refractivity contribution in [2.24, 2.45) is 5.73 Å². The summed E-state index contributed by atoms with van der Waals surface area (Å²) in [6, 6.07) is 0.196. The molecule has 0 bridgehead atoms. The van der Waals surface area contributed by atoms with Crippen LogP contribution in [0, 0.1) is 0 Å². The molecule has 0 aromatic rings. The van der Waals surface area contributed by atoms with Crippen molar-refractivity contribution in [1.82, 2.24) is 9.80 Å². The number of ether oxygens (including phenoxy) is 1. The van der Waals surface area contributed by atoms with E-state index in [1.54, 1.807) is 18.9 Å². The Morgan fingerprint density at radius 2 is 1.90 bits per heavy atom. The van der Waals surface area contributed by atoms with Crippen LogP contribution < -0.4 is 5.73 Å². The maximum Gasteiger partial charge on any atom is 0.320 e. The molecule has 0 aliphatic rings. The van der Waals surface area contributed by atoms with Crippen molar-refractivity contribution in [3.8, 4) is 0 Å². The van der Waals surface area contributed by atoms with Crippen LogP contribution in [-0.2, 0) is 14.3 Å². The zero-order valence-electron chi connectivity index (χ0n) is 13.2. The zero-order valence-corrected chi connectivity index (χ0v) is 13.2. The smallest absolute Gasteiger partial charge is 0.320 e. The first-order chi connectivity index (χ1) is 9.42. The Labute approximate surface area is 122 Å². The Bertz CT molecular complexity index is 295. The van der Waals surface area contributed by atoms with Crippen molar-refractivity contribution < 1.29 is 14.3 Å². The van der Waals surface area contributed by atoms with Gasteiger partial charge in [-0.2, -0.15) is 0 Å². The average molecular weight is 287 g/mol. The van der Waals surface area contributed by atoms with Crippen LogP contribution in [0.25, 0.3) is 0 Å². The summed E-state index contributed by atoms with van der Waals surface area (Å²) in [5.41, 5.74) is 5.42. The van der Waals surface area contributed by atoms with E-state index in [2.05, 4.69) is 0 Å². The number of esters is 1. The first kappa shape index (κ1) is 18.9. The molecule has 0 rings (SSSR count). The molecule has 0 heterocycles. The molecule has 0 saturated carbocycles. The van der Waals surface area contributed by atoms with Gasteiger partial charge in [0.05, 0.1) is 13.2 Å². The Balaban J connectivity index is 4.19. The molecule has 0 unspecified atom stereocenters. The molecule has 0 aromatic carbocycles. The van der Waals surface area contributed by atoms with Gasteiger partial charge in [0.1, 0.15) is 0 Å². The first-order valence-corrected chi connectivity index (χ1v) is 7.26. The van der Waals surface area contributed by atoms with Gasteiger partial charge in [0.2, 0.25) is 5.91 Å². The summed E-state index contributed by atoms with van der Waals surface area (Å²) in [6.07, 6.45) is 1.21. The van der Waals surface area contributed by atoms with E-state index in [-0.39, 0.29) is 24.5 Å². The van der Waals surface area contributed by atoms with Gasteiger partial charge in [-0.25, -0.2) is 0 Å². The lowest BCUT2D eigenvalue weighted by Crippen LogP contribution is -2.39. The summed E-state index contributed by atoms with van der Waals surface area (Å²) < 4.78 is 4.94. The second-order valence-corrected chi connectivity index (χ2v) is 5.08. The van der Waals surface area contributed by atoms with Crippen molar-refractivity contribution in [2.75, 3.05) is 39.8 Å². The van der Waals surface area contributed by atoms with Crippen LogP contribution in [0.2, 0.25) is 0 Å². The molecule has 0 fully saturated rings. The standard InChI is InChI=1S/C14H29N3O3/c1-5-20-14(19)11-17(12(2)3)10-7-13(18)16(4)9-6-8-15/h12H,5-11,15H2,1-4H3. The van der Waals surface area contributed by atoms with E-state index in [1.807, 2.05) is 18.7 Å². The minimum atomic E-state index is -0.245. The second-order valence-electron chi connectivity index (χ2n) is 5.08. The van der Waals surface area contributed by atoms with Crippen LogP contribution in [0.5, 0.6) is 0 Å². The second kappa shape index (κ2) is 10.6. The molecule has 20 heavy (non-hydrogen) atoms. The number of hydrogen-bond donors (Lipinski definition) is 1. The van der Waals surface area contributed by atoms with Crippen LogP contribution in [0.3, 0.4) is 0 Å². The van der Waals surface area contributed by atoms with E-state index < -0.39 is 0 Å². The number of amides is 1. The molecule has 0 aromatic heterocycles. The fraction of sp³-hybridized carbons (Fsp3) is 0.857. The summed E-state index contributed by atoms with van der Waals surface area (Å²) in [7, 11) is 1.78. The Morgan fingerprint density at radius 1 is 1.25 bits per heavy atom. The molecule has 2 N–H and O–H groups in total. The van der Waals surface area contributed by atoms with Gasteiger partial charge in [0, 0.05) is 32.6 Å². The Kier molecular flexibility index (Phi) is 10.0. The molecule has 6 nitrogen and oxygen atoms in total. The van der Waals surface area contributed by atoms with Gasteiger partial charge >= 0.3 is 5.97 Å². The highest BCUT2D eigenvalue weighted by molar-refractivity contribution is 5.76. The molecule has 0 aliphatic carbocycles. The molecule has 1 amide bonds. The fourth-order valence-electron chi connectivity index (χ4n) is 1.78. The minimum absolute atomic E-state index is 0.0768. The van der Waals surface area contributed by atoms with Crippen molar-refractivity contribution in [3.05, 3.63) is 0 Å². The maximum atomic E-state index is 11.9. The lowest BCUT2D eigenvalue weighted by molar-refractivity contribution is -0.145. The highest BCUT2D eigenvalue weighted by Gasteiger charge is 2.17. The summed E-state index contributed by atoms with van der Waals surface area (Å²) in [4.78, 5) is 27.1. The molecule has 0 saturated heterocycles. The molecular weight excluding hydrogens is 258 g/mol. The van der Waals surface area contributed by atoms with Crippen LogP contribution in [0.15, 0.2) is 0 Å². The van der Waals surface area contributed by atoms with Gasteiger partial charge in [-0.15, -0.1) is 0 Å². The zero-order chi connectivity index (χ0) is 15.5. The third kappa shape index (κ3) is 8.12. The molecule has 0 radical (unpaired) electrons. The van der Waals surface area contributed by atoms with Crippen molar-refractivity contribution in [2.45, 2.75) is 39.7 Å². The summed E-state index contributed by atoms with van der Waals surface area (Å²) in [5.74, 6) is -0.168. The normalized spacial score (nSPS) is 10.9. The first-order valence-electron chi connectivity index (χ1n) is 7.26. The average Bonchev–Trinajstić information content (AvgIpc) is 2.40. The van der Waals surface area contributed by atoms with E-state index in [4.69, 9.17) is 10.5 Å². The topological polar surface area (TPSA) is 75.9 Å². The molecule has 118 valence electrons. The van der Waals surface area contributed by atoms with E-state index in [9.17, 15) is 9.59 Å². The summed E-state index contributed by atoms with van der Waals surface area (Å²) in [5, 5.41) is 0. The summed E-state index contributed by atoms with van der Waals surface area (Å²) >= 11 is 0. The van der Waals surface area contributed by atoms with Gasteiger partial charge in [0.15, 0.2) is 0 Å². The predicted octanol–water partition coefficient (Wildman–Crippen LogP) is 0.457. The highest BCUT2D eigenvalue weighted by Crippen LogP contribution is 2.02. The molecule has 6 heteroatoms. The fourth-order valence-corrected chi connectivity index (χ4v) is 1.78. The van der Waals surface area contributed by atoms with Gasteiger partial charge < -0.3 is 15.4 Å². The lowest BCUT2D eigenvalue weighted by Gasteiger charge is -2.26. The highest BCUT2D eigenvalue weighted by atomic mass is 16.5. The van der Waals surface area contributed by atoms with Gasteiger partial charge in [-0.1, -0.05) is 0 Å². The number of carbonyl (C=O) groups excluding carboxylic acids is 2. The minimum Gasteiger partial charge on any atom is -0.465 e. The lowest BCUT2D eigenvalue weighted by atomic mass is 10.2. The van der Waals surface area contributed by atoms with Crippen molar-refractivity contribution >= 4 is 11.9 Å². The molecule has 0 atom stereocenters. The van der Waals surface area contributed by atoms with E-state index in [0.717, 1.165) is 6.42 Å². The Morgan fingerprint density at radius 3 is 2.40 bits per heavy atom. The summed E-state index contributed by atoms with van der Waals surface area (Å²) in [6.45, 7) is 8.21. The third-order valence-corrected chi connectivity index (χ3v) is 3.10. The Hall–Kier alpha value is -1.14. The maximum absolute atomic E-state index is 11.9. The number of hydrogen-bond acceptors (Lipinski definition) is 5. The molecule has 0 spiro atoms. The van der Waals surface area contributed by atoms with Gasteiger partial charge in [0.25, 0.3) is 0 Å². The van der Waals surface area contributed by atoms with Crippen molar-refractivity contribution in [1.29, 1.82) is 0 Å².